The van der Waals surface area contributed by atoms with Gasteiger partial charge in [-0.25, -0.2) is 9.59 Å². The Hall–Kier alpha value is -3.52. The number of carbonyl (C=O) groups is 2. The number of benzene rings is 2. The van der Waals surface area contributed by atoms with Crippen LogP contribution in [-0.2, 0) is 9.53 Å². The van der Waals surface area contributed by atoms with Gasteiger partial charge < -0.3 is 25.0 Å². The van der Waals surface area contributed by atoms with Crippen LogP contribution in [0.3, 0.4) is 0 Å². The Labute approximate surface area is 200 Å². The topological polar surface area (TPSA) is 83.1 Å². The number of esters is 1. The molecule has 2 aliphatic rings. The molecule has 1 fully saturated rings. The zero-order valence-corrected chi connectivity index (χ0v) is 20.0. The highest BCUT2D eigenvalue weighted by Gasteiger charge is 2.34. The summed E-state index contributed by atoms with van der Waals surface area (Å²) in [5, 5.41) is 5.73. The molecule has 34 heavy (non-hydrogen) atoms. The summed E-state index contributed by atoms with van der Waals surface area (Å²) in [5.74, 6) is 0.279. The van der Waals surface area contributed by atoms with Crippen molar-refractivity contribution in [2.75, 3.05) is 51.3 Å². The molecule has 2 aromatic rings. The normalized spacial score (nSPS) is 18.9. The lowest BCUT2D eigenvalue weighted by Crippen LogP contribution is -2.51. The van der Waals surface area contributed by atoms with Crippen LogP contribution in [0.4, 0.5) is 10.5 Å². The molecule has 180 valence electrons. The van der Waals surface area contributed by atoms with Crippen LogP contribution in [0.1, 0.15) is 24.1 Å². The number of carbonyl (C=O) groups excluding carboxylic acids is 2. The minimum absolute atomic E-state index is 0.333. The van der Waals surface area contributed by atoms with Crippen molar-refractivity contribution in [2.24, 2.45) is 0 Å². The number of methoxy groups -OCH3 is 1. The van der Waals surface area contributed by atoms with Gasteiger partial charge in [-0.15, -0.1) is 0 Å². The second kappa shape index (κ2) is 10.6. The van der Waals surface area contributed by atoms with Gasteiger partial charge in [0.15, 0.2) is 0 Å². The van der Waals surface area contributed by atoms with Crippen molar-refractivity contribution in [1.29, 1.82) is 0 Å². The first-order valence-corrected chi connectivity index (χ1v) is 11.6. The fourth-order valence-corrected chi connectivity index (χ4v) is 4.48. The van der Waals surface area contributed by atoms with Crippen LogP contribution < -0.4 is 20.3 Å². The molecule has 1 unspecified atom stereocenters. The van der Waals surface area contributed by atoms with Gasteiger partial charge >= 0.3 is 12.0 Å². The first kappa shape index (κ1) is 23.6. The summed E-state index contributed by atoms with van der Waals surface area (Å²) in [6.45, 7) is 8.45. The number of aryl methyl sites for hydroxylation is 1. The second-order valence-electron chi connectivity index (χ2n) is 8.52. The van der Waals surface area contributed by atoms with Crippen LogP contribution in [0.25, 0.3) is 0 Å². The van der Waals surface area contributed by atoms with Crippen molar-refractivity contribution in [3.63, 3.8) is 0 Å². The van der Waals surface area contributed by atoms with Crippen molar-refractivity contribution >= 4 is 17.7 Å². The molecule has 0 bridgehead atoms. The third-order valence-electron chi connectivity index (χ3n) is 6.20. The van der Waals surface area contributed by atoms with E-state index in [1.807, 2.05) is 31.2 Å². The summed E-state index contributed by atoms with van der Waals surface area (Å²) in [7, 11) is 1.36. The van der Waals surface area contributed by atoms with E-state index in [1.165, 1.54) is 18.4 Å². The second-order valence-corrected chi connectivity index (χ2v) is 8.52. The smallest absolute Gasteiger partial charge is 0.338 e. The lowest BCUT2D eigenvalue weighted by Gasteiger charge is -2.38. The maximum atomic E-state index is 12.8. The molecule has 2 amide bonds. The number of rotatable bonds is 7. The maximum Gasteiger partial charge on any atom is 0.338 e. The Balaban J connectivity index is 1.53. The first-order chi connectivity index (χ1) is 16.5. The van der Waals surface area contributed by atoms with Crippen LogP contribution in [0.15, 0.2) is 59.8 Å². The number of hydrogen-bond acceptors (Lipinski definition) is 6. The largest absolute Gasteiger partial charge is 0.494 e. The molecule has 4 rings (SSSR count). The van der Waals surface area contributed by atoms with Gasteiger partial charge in [-0.1, -0.05) is 24.3 Å². The third-order valence-corrected chi connectivity index (χ3v) is 6.20. The molecule has 1 atom stereocenters. The van der Waals surface area contributed by atoms with E-state index in [0.29, 0.717) is 24.4 Å². The third kappa shape index (κ3) is 5.34. The monoisotopic (exact) mass is 464 g/mol. The molecule has 2 heterocycles. The summed E-state index contributed by atoms with van der Waals surface area (Å²) in [6.07, 6.45) is 0. The number of amides is 2. The Morgan fingerprint density at radius 2 is 1.82 bits per heavy atom. The quantitative estimate of drug-likeness (QED) is 0.613. The fourth-order valence-electron chi connectivity index (χ4n) is 4.48. The van der Waals surface area contributed by atoms with Crippen LogP contribution >= 0.6 is 0 Å². The van der Waals surface area contributed by atoms with E-state index in [-0.39, 0.29) is 6.03 Å². The van der Waals surface area contributed by atoms with Crippen LogP contribution in [0.2, 0.25) is 0 Å². The Morgan fingerprint density at radius 1 is 1.09 bits per heavy atom. The molecule has 2 aliphatic heterocycles. The molecule has 2 N–H and O–H groups in total. The molecule has 0 spiro atoms. The highest BCUT2D eigenvalue weighted by atomic mass is 16.5. The molecule has 2 aromatic carbocycles. The molecular weight excluding hydrogens is 432 g/mol. The van der Waals surface area contributed by atoms with Gasteiger partial charge in [0.05, 0.1) is 25.3 Å². The number of ether oxygens (including phenoxy) is 2. The molecular formula is C26H32N4O4. The lowest BCUT2D eigenvalue weighted by atomic mass is 9.95. The molecule has 8 heteroatoms. The van der Waals surface area contributed by atoms with Crippen molar-refractivity contribution in [2.45, 2.75) is 19.9 Å². The predicted molar refractivity (Wildman–Crippen MR) is 131 cm³/mol. The average Bonchev–Trinajstić information content (AvgIpc) is 2.84. The minimum Gasteiger partial charge on any atom is -0.494 e. The van der Waals surface area contributed by atoms with Gasteiger partial charge in [0, 0.05) is 44.1 Å². The number of nitrogens with one attached hydrogen (secondary N) is 2. The van der Waals surface area contributed by atoms with Crippen LogP contribution in [0.5, 0.6) is 5.75 Å². The van der Waals surface area contributed by atoms with Gasteiger partial charge in [0.2, 0.25) is 0 Å². The SMILES string of the molecule is CCOc1ccc(C2NC(=O)NC(CN3CCN(c4cccc(C)c4)CC3)=C2C(=O)OC)cc1. The Bertz CT molecular complexity index is 1060. The highest BCUT2D eigenvalue weighted by Crippen LogP contribution is 2.29. The summed E-state index contributed by atoms with van der Waals surface area (Å²) in [6, 6.07) is 15.0. The predicted octanol–water partition coefficient (Wildman–Crippen LogP) is 3.00. The van der Waals surface area contributed by atoms with Gasteiger partial charge in [-0.3, -0.25) is 4.90 Å². The van der Waals surface area contributed by atoms with Crippen molar-refractivity contribution in [3.05, 3.63) is 70.9 Å². The van der Waals surface area contributed by atoms with E-state index in [9.17, 15) is 9.59 Å². The van der Waals surface area contributed by atoms with E-state index in [0.717, 1.165) is 37.5 Å². The number of nitrogens with zero attached hydrogens (tertiary/aromatic N) is 2. The molecule has 0 saturated carbocycles. The lowest BCUT2D eigenvalue weighted by molar-refractivity contribution is -0.136. The van der Waals surface area contributed by atoms with Gasteiger partial charge in [-0.2, -0.15) is 0 Å². The molecule has 0 radical (unpaired) electrons. The van der Waals surface area contributed by atoms with E-state index in [4.69, 9.17) is 9.47 Å². The summed E-state index contributed by atoms with van der Waals surface area (Å²) in [4.78, 5) is 30.0. The van der Waals surface area contributed by atoms with Crippen molar-refractivity contribution in [1.82, 2.24) is 15.5 Å². The molecule has 8 nitrogen and oxygen atoms in total. The Morgan fingerprint density at radius 3 is 2.47 bits per heavy atom. The molecule has 0 aromatic heterocycles. The van der Waals surface area contributed by atoms with Crippen molar-refractivity contribution in [3.8, 4) is 5.75 Å². The molecule has 1 saturated heterocycles. The first-order valence-electron chi connectivity index (χ1n) is 11.6. The highest BCUT2D eigenvalue weighted by molar-refractivity contribution is 5.95. The van der Waals surface area contributed by atoms with Crippen LogP contribution in [0, 0.1) is 6.92 Å². The minimum atomic E-state index is -0.597. The standard InChI is InChI=1S/C26H32N4O4/c1-4-34-21-10-8-19(9-11-21)24-23(25(31)33-3)22(27-26(32)28-24)17-29-12-14-30(15-13-29)20-7-5-6-18(2)16-20/h5-11,16,24H,4,12-15,17H2,1-3H3,(H2,27,28,32). The number of piperazine rings is 1. The fraction of sp³-hybridized carbons (Fsp3) is 0.385. The average molecular weight is 465 g/mol. The van der Waals surface area contributed by atoms with E-state index >= 15 is 0 Å². The Kier molecular flexibility index (Phi) is 7.37. The van der Waals surface area contributed by atoms with Crippen LogP contribution in [-0.4, -0.2) is 63.3 Å². The summed E-state index contributed by atoms with van der Waals surface area (Å²) < 4.78 is 10.6. The number of anilines is 1. The number of urea groups is 1. The van der Waals surface area contributed by atoms with E-state index < -0.39 is 12.0 Å². The summed E-state index contributed by atoms with van der Waals surface area (Å²) in [5.41, 5.74) is 4.26. The van der Waals surface area contributed by atoms with Gasteiger partial charge in [-0.05, 0) is 49.2 Å². The van der Waals surface area contributed by atoms with E-state index in [2.05, 4.69) is 51.6 Å². The van der Waals surface area contributed by atoms with Gasteiger partial charge in [0.25, 0.3) is 0 Å². The van der Waals surface area contributed by atoms with Crippen molar-refractivity contribution < 1.29 is 19.1 Å². The zero-order valence-electron chi connectivity index (χ0n) is 20.0. The van der Waals surface area contributed by atoms with E-state index in [1.54, 1.807) is 0 Å². The maximum absolute atomic E-state index is 12.8. The van der Waals surface area contributed by atoms with Gasteiger partial charge in [0.1, 0.15) is 5.75 Å². The molecule has 0 aliphatic carbocycles. The summed E-state index contributed by atoms with van der Waals surface area (Å²) >= 11 is 0. The number of hydrogen-bond donors (Lipinski definition) is 2. The zero-order chi connectivity index (χ0) is 24.1.